The van der Waals surface area contributed by atoms with Crippen LogP contribution >= 0.6 is 31.2 Å². The molecule has 6 nitrogen and oxygen atoms in total. The van der Waals surface area contributed by atoms with Gasteiger partial charge in [-0.1, -0.05) is 23.2 Å². The Labute approximate surface area is 142 Å². The summed E-state index contributed by atoms with van der Waals surface area (Å²) in [6, 6.07) is 7.28. The van der Waals surface area contributed by atoms with Crippen LogP contribution in [0.2, 0.25) is 10.0 Å². The summed E-state index contributed by atoms with van der Waals surface area (Å²) in [4.78, 5) is 10.5. The Hall–Kier alpha value is -1.72. The van der Waals surface area contributed by atoms with E-state index in [1.807, 2.05) is 0 Å². The van der Waals surface area contributed by atoms with Crippen LogP contribution in [0.25, 0.3) is 0 Å². The normalized spacial score (nSPS) is 11.2. The minimum atomic E-state index is -2.37. The van der Waals surface area contributed by atoms with Gasteiger partial charge in [0.25, 0.3) is 0 Å². The topological polar surface area (TPSA) is 78.7 Å². The van der Waals surface area contributed by atoms with E-state index < -0.39 is 13.0 Å². The second-order valence-corrected chi connectivity index (χ2v) is 6.68. The van der Waals surface area contributed by atoms with Gasteiger partial charge in [0.2, 0.25) is 0 Å². The van der Waals surface area contributed by atoms with E-state index >= 15 is 0 Å². The van der Waals surface area contributed by atoms with Gasteiger partial charge in [0.05, 0.1) is 17.1 Å². The fourth-order valence-electron chi connectivity index (χ4n) is 1.84. The predicted molar refractivity (Wildman–Crippen MR) is 88.6 cm³/mol. The van der Waals surface area contributed by atoms with Crippen molar-refractivity contribution in [3.63, 3.8) is 0 Å². The molecule has 0 aliphatic carbocycles. The van der Waals surface area contributed by atoms with Crippen LogP contribution in [0.3, 0.4) is 0 Å². The minimum Gasteiger partial charge on any atom is -0.455 e. The van der Waals surface area contributed by atoms with Gasteiger partial charge in [-0.15, -0.1) is 4.52 Å². The molecule has 0 aliphatic heterocycles. The second kappa shape index (κ2) is 7.23. The van der Waals surface area contributed by atoms with Crippen LogP contribution in [-0.2, 0) is 9.09 Å². The van der Waals surface area contributed by atoms with Gasteiger partial charge >= 0.3 is 19.0 Å². The molecule has 0 aliphatic rings. The van der Waals surface area contributed by atoms with Crippen molar-refractivity contribution in [1.82, 2.24) is 0 Å². The van der Waals surface area contributed by atoms with Crippen LogP contribution in [0.1, 0.15) is 5.56 Å². The summed E-state index contributed by atoms with van der Waals surface area (Å²) in [6.45, 7) is 1.63. The summed E-state index contributed by atoms with van der Waals surface area (Å²) < 4.78 is 22.3. The maximum Gasteiger partial charge on any atom is 0.556 e. The van der Waals surface area contributed by atoms with E-state index in [2.05, 4.69) is 0 Å². The molecule has 23 heavy (non-hydrogen) atoms. The van der Waals surface area contributed by atoms with E-state index in [1.165, 1.54) is 25.3 Å². The first kappa shape index (κ1) is 17.6. The standard InChI is InChI=1S/C14H11Cl2NO5P/c1-8-5-11(17(18)19)14(23(20)21-2)7-13(8)22-12-4-3-9(15)6-10(12)16/h3-7H,1-2H3/q+1. The summed E-state index contributed by atoms with van der Waals surface area (Å²) in [5, 5.41) is 11.8. The lowest BCUT2D eigenvalue weighted by Crippen LogP contribution is -2.08. The molecule has 0 spiro atoms. The first-order valence-electron chi connectivity index (χ1n) is 6.26. The number of nitro benzene ring substituents is 1. The Morgan fingerprint density at radius 3 is 2.43 bits per heavy atom. The summed E-state index contributed by atoms with van der Waals surface area (Å²) in [5.41, 5.74) is 0.200. The van der Waals surface area contributed by atoms with Gasteiger partial charge in [-0.3, -0.25) is 10.1 Å². The molecule has 1 unspecified atom stereocenters. The zero-order valence-electron chi connectivity index (χ0n) is 12.1. The number of aryl methyl sites for hydroxylation is 1. The van der Waals surface area contributed by atoms with E-state index in [4.69, 9.17) is 32.5 Å². The lowest BCUT2D eigenvalue weighted by atomic mass is 10.2. The molecule has 0 bridgehead atoms. The van der Waals surface area contributed by atoms with E-state index in [0.717, 1.165) is 0 Å². The molecule has 0 heterocycles. The molecule has 0 amide bonds. The van der Waals surface area contributed by atoms with Crippen molar-refractivity contribution in [2.24, 2.45) is 0 Å². The third-order valence-electron chi connectivity index (χ3n) is 2.95. The van der Waals surface area contributed by atoms with Crippen LogP contribution in [0, 0.1) is 17.0 Å². The largest absolute Gasteiger partial charge is 0.556 e. The van der Waals surface area contributed by atoms with E-state index in [-0.39, 0.29) is 21.8 Å². The van der Waals surface area contributed by atoms with Crippen molar-refractivity contribution in [2.75, 3.05) is 7.11 Å². The molecule has 2 aromatic rings. The molecule has 120 valence electrons. The van der Waals surface area contributed by atoms with E-state index in [0.29, 0.717) is 16.3 Å². The van der Waals surface area contributed by atoms with Crippen molar-refractivity contribution in [1.29, 1.82) is 0 Å². The fraction of sp³-hybridized carbons (Fsp3) is 0.143. The number of rotatable bonds is 5. The van der Waals surface area contributed by atoms with Gasteiger partial charge in [0.1, 0.15) is 11.5 Å². The monoisotopic (exact) mass is 374 g/mol. The van der Waals surface area contributed by atoms with Gasteiger partial charge in [-0.05, 0) is 35.3 Å². The Bertz CT molecular complexity index is 797. The zero-order chi connectivity index (χ0) is 17.1. The number of benzene rings is 2. The van der Waals surface area contributed by atoms with Crippen molar-refractivity contribution < 1.29 is 18.7 Å². The maximum absolute atomic E-state index is 11.9. The van der Waals surface area contributed by atoms with Crippen molar-refractivity contribution in [3.8, 4) is 11.5 Å². The smallest absolute Gasteiger partial charge is 0.455 e. The third-order valence-corrected chi connectivity index (χ3v) is 4.56. The number of halogens is 2. The fourth-order valence-corrected chi connectivity index (χ4v) is 3.04. The molecule has 1 atom stereocenters. The molecule has 9 heteroatoms. The van der Waals surface area contributed by atoms with Crippen LogP contribution in [0.5, 0.6) is 11.5 Å². The van der Waals surface area contributed by atoms with Gasteiger partial charge < -0.3 is 4.74 Å². The molecule has 0 fully saturated rings. The molecule has 0 saturated heterocycles. The Morgan fingerprint density at radius 1 is 1.17 bits per heavy atom. The van der Waals surface area contributed by atoms with Gasteiger partial charge in [0, 0.05) is 17.2 Å². The summed E-state index contributed by atoms with van der Waals surface area (Å²) in [6.07, 6.45) is 0. The minimum absolute atomic E-state index is 0.0572. The zero-order valence-corrected chi connectivity index (χ0v) is 14.5. The lowest BCUT2D eigenvalue weighted by Gasteiger charge is -2.10. The van der Waals surface area contributed by atoms with Gasteiger partial charge in [-0.2, -0.15) is 0 Å². The van der Waals surface area contributed by atoms with Crippen LogP contribution in [-0.4, -0.2) is 12.0 Å². The van der Waals surface area contributed by atoms with Gasteiger partial charge in [0.15, 0.2) is 0 Å². The van der Waals surface area contributed by atoms with Crippen molar-refractivity contribution in [2.45, 2.75) is 6.92 Å². The highest BCUT2D eigenvalue weighted by molar-refractivity contribution is 7.48. The molecule has 0 saturated carbocycles. The predicted octanol–water partition coefficient (Wildman–Crippen LogP) is 5.02. The lowest BCUT2D eigenvalue weighted by molar-refractivity contribution is -0.383. The Balaban J connectivity index is 2.50. The highest BCUT2D eigenvalue weighted by atomic mass is 35.5. The van der Waals surface area contributed by atoms with Crippen molar-refractivity contribution >= 4 is 42.2 Å². The first-order chi connectivity index (χ1) is 10.8. The molecule has 0 N–H and O–H groups in total. The van der Waals surface area contributed by atoms with Gasteiger partial charge in [-0.25, -0.2) is 0 Å². The Morgan fingerprint density at radius 2 is 1.87 bits per heavy atom. The highest BCUT2D eigenvalue weighted by Crippen LogP contribution is 2.36. The number of hydrogen-bond donors (Lipinski definition) is 0. The average molecular weight is 375 g/mol. The van der Waals surface area contributed by atoms with E-state index in [1.54, 1.807) is 19.1 Å². The summed E-state index contributed by atoms with van der Waals surface area (Å²) in [5.74, 6) is 0.613. The third kappa shape index (κ3) is 3.98. The molecular weight excluding hydrogens is 364 g/mol. The molecule has 2 aromatic carbocycles. The summed E-state index contributed by atoms with van der Waals surface area (Å²) >= 11 is 11.9. The summed E-state index contributed by atoms with van der Waals surface area (Å²) in [7, 11) is -1.16. The van der Waals surface area contributed by atoms with Crippen LogP contribution in [0.4, 0.5) is 5.69 Å². The molecular formula is C14H11Cl2NO5P+. The Kier molecular flexibility index (Phi) is 5.55. The number of ether oxygens (including phenoxy) is 1. The number of hydrogen-bond acceptors (Lipinski definition) is 5. The molecule has 0 aromatic heterocycles. The number of nitro groups is 1. The SMILES string of the molecule is CO[P+](=O)c1cc(Oc2ccc(Cl)cc2Cl)c(C)cc1[N+](=O)[O-]. The molecule has 0 radical (unpaired) electrons. The van der Waals surface area contributed by atoms with Crippen molar-refractivity contribution in [3.05, 3.63) is 56.1 Å². The van der Waals surface area contributed by atoms with Crippen LogP contribution in [0.15, 0.2) is 30.3 Å². The highest BCUT2D eigenvalue weighted by Gasteiger charge is 2.34. The number of nitrogens with zero attached hydrogens (tertiary/aromatic N) is 1. The maximum atomic E-state index is 11.9. The van der Waals surface area contributed by atoms with E-state index in [9.17, 15) is 14.7 Å². The second-order valence-electron chi connectivity index (χ2n) is 4.48. The average Bonchev–Trinajstić information content (AvgIpc) is 2.50. The van der Waals surface area contributed by atoms with Crippen LogP contribution < -0.4 is 10.0 Å². The first-order valence-corrected chi connectivity index (χ1v) is 8.20. The molecule has 2 rings (SSSR count). The quantitative estimate of drug-likeness (QED) is 0.417.